The normalized spacial score (nSPS) is 23.1. The maximum atomic E-state index is 9.41. The van der Waals surface area contributed by atoms with Gasteiger partial charge in [0.05, 0.1) is 6.61 Å². The number of aliphatic hydroxyl groups excluding tert-OH is 1. The van der Waals surface area contributed by atoms with E-state index in [4.69, 9.17) is 4.74 Å². The molecule has 2 unspecified atom stereocenters. The van der Waals surface area contributed by atoms with Crippen molar-refractivity contribution in [1.29, 1.82) is 0 Å². The van der Waals surface area contributed by atoms with E-state index in [9.17, 15) is 5.11 Å². The number of anilines is 1. The van der Waals surface area contributed by atoms with Gasteiger partial charge in [-0.15, -0.1) is 0 Å². The number of nitrogens with one attached hydrogen (secondary N) is 1. The Morgan fingerprint density at radius 3 is 3.00 bits per heavy atom. The van der Waals surface area contributed by atoms with Gasteiger partial charge < -0.3 is 15.2 Å². The number of hydrogen-bond acceptors (Lipinski definition) is 5. The molecule has 1 aliphatic rings. The molecule has 1 aromatic heterocycles. The van der Waals surface area contributed by atoms with E-state index in [-0.39, 0.29) is 6.61 Å². The largest absolute Gasteiger partial charge is 0.478 e. The Bertz CT molecular complexity index is 387. The number of ether oxygens (including phenoxy) is 1. The summed E-state index contributed by atoms with van der Waals surface area (Å²) in [7, 11) is 0. The summed E-state index contributed by atoms with van der Waals surface area (Å²) >= 11 is 0. The first kappa shape index (κ1) is 14.1. The van der Waals surface area contributed by atoms with Gasteiger partial charge in [-0.3, -0.25) is 0 Å². The molecular formula is C14H23N3O2. The second kappa shape index (κ2) is 7.28. The van der Waals surface area contributed by atoms with Gasteiger partial charge in [-0.2, -0.15) is 0 Å². The zero-order valence-corrected chi connectivity index (χ0v) is 11.5. The smallest absolute Gasteiger partial charge is 0.218 e. The lowest BCUT2D eigenvalue weighted by atomic mass is 9.85. The molecule has 0 aliphatic heterocycles. The first-order chi connectivity index (χ1) is 9.33. The van der Waals surface area contributed by atoms with Crippen molar-refractivity contribution in [3.8, 4) is 5.88 Å². The van der Waals surface area contributed by atoms with Crippen LogP contribution in [0.15, 0.2) is 12.4 Å². The van der Waals surface area contributed by atoms with Gasteiger partial charge in [0.25, 0.3) is 0 Å². The van der Waals surface area contributed by atoms with Crippen LogP contribution < -0.4 is 10.1 Å². The average Bonchev–Trinajstić information content (AvgIpc) is 2.46. The van der Waals surface area contributed by atoms with Gasteiger partial charge in [0.15, 0.2) is 0 Å². The molecule has 0 bridgehead atoms. The van der Waals surface area contributed by atoms with Gasteiger partial charge in [0.2, 0.25) is 5.88 Å². The van der Waals surface area contributed by atoms with Crippen LogP contribution in [0.4, 0.5) is 5.82 Å². The first-order valence-electron chi connectivity index (χ1n) is 7.15. The molecule has 1 fully saturated rings. The molecule has 0 aromatic carbocycles. The Morgan fingerprint density at radius 2 is 2.21 bits per heavy atom. The summed E-state index contributed by atoms with van der Waals surface area (Å²) in [4.78, 5) is 8.31. The molecule has 0 amide bonds. The maximum Gasteiger partial charge on any atom is 0.218 e. The van der Waals surface area contributed by atoms with Crippen molar-refractivity contribution in [1.82, 2.24) is 9.97 Å². The van der Waals surface area contributed by atoms with Crippen LogP contribution in [-0.4, -0.2) is 34.3 Å². The molecule has 1 aliphatic carbocycles. The number of aromatic nitrogens is 2. The van der Waals surface area contributed by atoms with Gasteiger partial charge >= 0.3 is 0 Å². The zero-order valence-electron chi connectivity index (χ0n) is 11.5. The second-order valence-electron chi connectivity index (χ2n) is 5.07. The Labute approximate surface area is 114 Å². The van der Waals surface area contributed by atoms with E-state index in [0.717, 1.165) is 25.1 Å². The molecule has 2 atom stereocenters. The van der Waals surface area contributed by atoms with Crippen LogP contribution in [0.25, 0.3) is 0 Å². The minimum absolute atomic E-state index is 0.238. The lowest BCUT2D eigenvalue weighted by molar-refractivity contribution is 0.178. The topological polar surface area (TPSA) is 67.3 Å². The summed E-state index contributed by atoms with van der Waals surface area (Å²) in [6.07, 6.45) is 7.06. The number of nitrogens with zero attached hydrogens (tertiary/aromatic N) is 2. The summed E-state index contributed by atoms with van der Waals surface area (Å²) in [5, 5.41) is 12.8. The van der Waals surface area contributed by atoms with E-state index in [0.29, 0.717) is 24.4 Å². The maximum absolute atomic E-state index is 9.41. The molecule has 0 saturated heterocycles. The fourth-order valence-electron chi connectivity index (χ4n) is 2.51. The summed E-state index contributed by atoms with van der Waals surface area (Å²) in [5.74, 6) is 1.71. The van der Waals surface area contributed by atoms with Crippen molar-refractivity contribution in [2.45, 2.75) is 45.1 Å². The average molecular weight is 265 g/mol. The first-order valence-corrected chi connectivity index (χ1v) is 7.15. The number of rotatable bonds is 6. The fraction of sp³-hybridized carbons (Fsp3) is 0.714. The second-order valence-corrected chi connectivity index (χ2v) is 5.07. The third-order valence-electron chi connectivity index (χ3n) is 3.57. The molecule has 106 valence electrons. The Kier molecular flexibility index (Phi) is 5.39. The van der Waals surface area contributed by atoms with E-state index in [2.05, 4.69) is 22.2 Å². The zero-order chi connectivity index (χ0) is 13.5. The molecule has 1 aromatic rings. The predicted octanol–water partition coefficient (Wildman–Crippen LogP) is 2.23. The summed E-state index contributed by atoms with van der Waals surface area (Å²) < 4.78 is 5.50. The highest BCUT2D eigenvalue weighted by molar-refractivity contribution is 5.38. The van der Waals surface area contributed by atoms with Crippen LogP contribution in [0, 0.1) is 5.92 Å². The summed E-state index contributed by atoms with van der Waals surface area (Å²) in [6.45, 7) is 2.97. The number of hydrogen-bond donors (Lipinski definition) is 2. The van der Waals surface area contributed by atoms with Crippen LogP contribution in [0.2, 0.25) is 0 Å². The van der Waals surface area contributed by atoms with Crippen molar-refractivity contribution in [3.05, 3.63) is 12.4 Å². The molecule has 1 saturated carbocycles. The quantitative estimate of drug-likeness (QED) is 0.825. The molecule has 0 radical (unpaired) electrons. The molecule has 19 heavy (non-hydrogen) atoms. The van der Waals surface area contributed by atoms with Crippen molar-refractivity contribution in [2.75, 3.05) is 18.5 Å². The predicted molar refractivity (Wildman–Crippen MR) is 74.3 cm³/mol. The minimum Gasteiger partial charge on any atom is -0.478 e. The molecule has 0 spiro atoms. The molecular weight excluding hydrogens is 242 g/mol. The van der Waals surface area contributed by atoms with E-state index in [1.165, 1.54) is 19.2 Å². The monoisotopic (exact) mass is 265 g/mol. The van der Waals surface area contributed by atoms with E-state index < -0.39 is 0 Å². The van der Waals surface area contributed by atoms with Crippen molar-refractivity contribution in [2.24, 2.45) is 5.92 Å². The SMILES string of the molecule is CCCOc1cc(NC2CCCCC2CO)ncn1. The molecule has 5 nitrogen and oxygen atoms in total. The summed E-state index contributed by atoms with van der Waals surface area (Å²) in [6, 6.07) is 2.13. The van der Waals surface area contributed by atoms with Crippen molar-refractivity contribution in [3.63, 3.8) is 0 Å². The standard InChI is InChI=1S/C14H23N3O2/c1-2-7-19-14-8-13(15-10-16-14)17-12-6-4-3-5-11(12)9-18/h8,10-12,18H,2-7,9H2,1H3,(H,15,16,17). The van der Waals surface area contributed by atoms with Crippen LogP contribution in [0.5, 0.6) is 5.88 Å². The Morgan fingerprint density at radius 1 is 1.37 bits per heavy atom. The van der Waals surface area contributed by atoms with E-state index in [1.54, 1.807) is 0 Å². The van der Waals surface area contributed by atoms with Gasteiger partial charge in [-0.05, 0) is 19.3 Å². The van der Waals surface area contributed by atoms with Gasteiger partial charge in [-0.1, -0.05) is 19.8 Å². The minimum atomic E-state index is 0.238. The highest BCUT2D eigenvalue weighted by Gasteiger charge is 2.24. The lowest BCUT2D eigenvalue weighted by Crippen LogP contribution is -2.34. The van der Waals surface area contributed by atoms with E-state index in [1.807, 2.05) is 6.07 Å². The Balaban J connectivity index is 1.97. The summed E-state index contributed by atoms with van der Waals surface area (Å²) in [5.41, 5.74) is 0. The highest BCUT2D eigenvalue weighted by atomic mass is 16.5. The van der Waals surface area contributed by atoms with Crippen LogP contribution in [-0.2, 0) is 0 Å². The molecule has 1 heterocycles. The van der Waals surface area contributed by atoms with Gasteiger partial charge in [-0.25, -0.2) is 9.97 Å². The fourth-order valence-corrected chi connectivity index (χ4v) is 2.51. The number of aliphatic hydroxyl groups is 1. The van der Waals surface area contributed by atoms with Crippen molar-refractivity contribution < 1.29 is 9.84 Å². The van der Waals surface area contributed by atoms with Crippen molar-refractivity contribution >= 4 is 5.82 Å². The third-order valence-corrected chi connectivity index (χ3v) is 3.57. The van der Waals surface area contributed by atoms with E-state index >= 15 is 0 Å². The highest BCUT2D eigenvalue weighted by Crippen LogP contribution is 2.26. The van der Waals surface area contributed by atoms with Gasteiger partial charge in [0, 0.05) is 24.6 Å². The third kappa shape index (κ3) is 4.06. The van der Waals surface area contributed by atoms with Crippen LogP contribution in [0.1, 0.15) is 39.0 Å². The Hall–Kier alpha value is -1.36. The van der Waals surface area contributed by atoms with Crippen LogP contribution >= 0.6 is 0 Å². The van der Waals surface area contributed by atoms with Gasteiger partial charge in [0.1, 0.15) is 12.1 Å². The molecule has 5 heteroatoms. The molecule has 2 rings (SSSR count). The lowest BCUT2D eigenvalue weighted by Gasteiger charge is -2.31. The van der Waals surface area contributed by atoms with Crippen LogP contribution in [0.3, 0.4) is 0 Å². The molecule has 2 N–H and O–H groups in total.